The molecule has 0 unspecified atom stereocenters. The van der Waals surface area contributed by atoms with E-state index in [0.717, 1.165) is 11.6 Å². The van der Waals surface area contributed by atoms with Crippen molar-refractivity contribution in [2.24, 2.45) is 0 Å². The minimum atomic E-state index is -0.646. The van der Waals surface area contributed by atoms with Crippen LogP contribution in [0.4, 0.5) is 15.8 Å². The van der Waals surface area contributed by atoms with Crippen LogP contribution < -0.4 is 5.32 Å². The number of nitro benzene ring substituents is 1. The summed E-state index contributed by atoms with van der Waals surface area (Å²) in [5, 5.41) is 17.7. The second-order valence-corrected chi connectivity index (χ2v) is 5.74. The lowest BCUT2D eigenvalue weighted by molar-refractivity contribution is -0.385. The molecule has 1 heterocycles. The summed E-state index contributed by atoms with van der Waals surface area (Å²) in [5.41, 5.74) is 0.752. The number of non-ortho nitro benzene ring substituents is 1. The SMILES string of the molecule is CC(C)(C)n1cc(CNc2ccc([N+](=O)[O-])cc2F)cn1. The molecule has 112 valence electrons. The van der Waals surface area contributed by atoms with Gasteiger partial charge >= 0.3 is 0 Å². The van der Waals surface area contributed by atoms with E-state index in [1.165, 1.54) is 12.1 Å². The second-order valence-electron chi connectivity index (χ2n) is 5.74. The molecule has 1 aromatic carbocycles. The van der Waals surface area contributed by atoms with Crippen molar-refractivity contribution in [3.8, 4) is 0 Å². The fourth-order valence-electron chi connectivity index (χ4n) is 1.78. The Bertz CT molecular complexity index is 661. The van der Waals surface area contributed by atoms with Gasteiger partial charge < -0.3 is 5.32 Å². The molecule has 0 aliphatic rings. The summed E-state index contributed by atoms with van der Waals surface area (Å²) in [6.45, 7) is 6.50. The van der Waals surface area contributed by atoms with E-state index in [9.17, 15) is 14.5 Å². The number of halogens is 1. The minimum Gasteiger partial charge on any atom is -0.378 e. The number of nitrogens with zero attached hydrogens (tertiary/aromatic N) is 3. The molecule has 0 aliphatic carbocycles. The van der Waals surface area contributed by atoms with Gasteiger partial charge in [0.05, 0.1) is 28.4 Å². The van der Waals surface area contributed by atoms with Crippen molar-refractivity contribution in [1.82, 2.24) is 9.78 Å². The third-order valence-electron chi connectivity index (χ3n) is 2.97. The van der Waals surface area contributed by atoms with Gasteiger partial charge in [-0.15, -0.1) is 0 Å². The maximum Gasteiger partial charge on any atom is 0.272 e. The van der Waals surface area contributed by atoms with Gasteiger partial charge in [0, 0.05) is 24.4 Å². The van der Waals surface area contributed by atoms with Crippen molar-refractivity contribution < 1.29 is 9.31 Å². The van der Waals surface area contributed by atoms with Crippen LogP contribution in [0.1, 0.15) is 26.3 Å². The van der Waals surface area contributed by atoms with Gasteiger partial charge in [-0.3, -0.25) is 14.8 Å². The highest BCUT2D eigenvalue weighted by Crippen LogP contribution is 2.21. The fraction of sp³-hybridized carbons (Fsp3) is 0.357. The van der Waals surface area contributed by atoms with Gasteiger partial charge in [0.15, 0.2) is 5.82 Å². The maximum absolute atomic E-state index is 13.7. The zero-order valence-electron chi connectivity index (χ0n) is 12.1. The molecular weight excluding hydrogens is 275 g/mol. The van der Waals surface area contributed by atoms with E-state index in [-0.39, 0.29) is 16.9 Å². The van der Waals surface area contributed by atoms with E-state index < -0.39 is 10.7 Å². The summed E-state index contributed by atoms with van der Waals surface area (Å²) in [5.74, 6) is -0.646. The minimum absolute atomic E-state index is 0.114. The van der Waals surface area contributed by atoms with E-state index in [1.54, 1.807) is 6.20 Å². The Morgan fingerprint density at radius 2 is 2.14 bits per heavy atom. The van der Waals surface area contributed by atoms with Crippen LogP contribution in [0, 0.1) is 15.9 Å². The van der Waals surface area contributed by atoms with Crippen molar-refractivity contribution in [2.45, 2.75) is 32.9 Å². The first-order valence-corrected chi connectivity index (χ1v) is 6.49. The first-order chi connectivity index (χ1) is 9.77. The second kappa shape index (κ2) is 5.51. The van der Waals surface area contributed by atoms with Gasteiger partial charge in [0.2, 0.25) is 0 Å². The monoisotopic (exact) mass is 292 g/mol. The van der Waals surface area contributed by atoms with E-state index in [2.05, 4.69) is 10.4 Å². The molecule has 0 spiro atoms. The highest BCUT2D eigenvalue weighted by atomic mass is 19.1. The summed E-state index contributed by atoms with van der Waals surface area (Å²) < 4.78 is 15.5. The third-order valence-corrected chi connectivity index (χ3v) is 2.97. The van der Waals surface area contributed by atoms with Crippen LogP contribution in [0.25, 0.3) is 0 Å². The van der Waals surface area contributed by atoms with Crippen molar-refractivity contribution in [3.63, 3.8) is 0 Å². The molecule has 0 aliphatic heterocycles. The Kier molecular flexibility index (Phi) is 3.93. The lowest BCUT2D eigenvalue weighted by atomic mass is 10.1. The zero-order valence-corrected chi connectivity index (χ0v) is 12.1. The molecule has 0 radical (unpaired) electrons. The maximum atomic E-state index is 13.7. The molecule has 2 rings (SSSR count). The van der Waals surface area contributed by atoms with Gasteiger partial charge in [0.25, 0.3) is 5.69 Å². The topological polar surface area (TPSA) is 73.0 Å². The molecule has 0 amide bonds. The molecule has 0 saturated carbocycles. The Morgan fingerprint density at radius 3 is 2.67 bits per heavy atom. The van der Waals surface area contributed by atoms with Crippen molar-refractivity contribution in [3.05, 3.63) is 52.1 Å². The van der Waals surface area contributed by atoms with Crippen LogP contribution in [0.5, 0.6) is 0 Å². The molecule has 0 bridgehead atoms. The number of hydrogen-bond donors (Lipinski definition) is 1. The number of rotatable bonds is 4. The van der Waals surface area contributed by atoms with Gasteiger partial charge in [-0.25, -0.2) is 4.39 Å². The largest absolute Gasteiger partial charge is 0.378 e. The van der Waals surface area contributed by atoms with E-state index in [0.29, 0.717) is 6.54 Å². The van der Waals surface area contributed by atoms with Gasteiger partial charge in [-0.1, -0.05) is 0 Å². The normalized spacial score (nSPS) is 11.4. The number of aromatic nitrogens is 2. The Hall–Kier alpha value is -2.44. The average Bonchev–Trinajstić information content (AvgIpc) is 2.85. The summed E-state index contributed by atoms with van der Waals surface area (Å²) in [6, 6.07) is 3.53. The van der Waals surface area contributed by atoms with Crippen LogP contribution in [-0.2, 0) is 12.1 Å². The fourth-order valence-corrected chi connectivity index (χ4v) is 1.78. The number of hydrogen-bond acceptors (Lipinski definition) is 4. The van der Waals surface area contributed by atoms with E-state index >= 15 is 0 Å². The predicted octanol–water partition coefficient (Wildman–Crippen LogP) is 3.30. The Morgan fingerprint density at radius 1 is 1.43 bits per heavy atom. The quantitative estimate of drug-likeness (QED) is 0.693. The molecule has 0 atom stereocenters. The molecule has 21 heavy (non-hydrogen) atoms. The number of anilines is 1. The average molecular weight is 292 g/mol. The highest BCUT2D eigenvalue weighted by Gasteiger charge is 2.14. The number of nitro groups is 1. The molecule has 7 heteroatoms. The summed E-state index contributed by atoms with van der Waals surface area (Å²) in [4.78, 5) is 9.92. The van der Waals surface area contributed by atoms with Gasteiger partial charge in [-0.05, 0) is 26.8 Å². The Balaban J connectivity index is 2.06. The summed E-state index contributed by atoms with van der Waals surface area (Å²) in [6.07, 6.45) is 3.60. The summed E-state index contributed by atoms with van der Waals surface area (Å²) >= 11 is 0. The molecule has 1 aromatic heterocycles. The van der Waals surface area contributed by atoms with Crippen molar-refractivity contribution in [1.29, 1.82) is 0 Å². The first kappa shape index (κ1) is 15.0. The molecule has 6 nitrogen and oxygen atoms in total. The van der Waals surface area contributed by atoms with Crippen molar-refractivity contribution in [2.75, 3.05) is 5.32 Å². The van der Waals surface area contributed by atoms with E-state index in [4.69, 9.17) is 0 Å². The first-order valence-electron chi connectivity index (χ1n) is 6.49. The van der Waals surface area contributed by atoms with Crippen molar-refractivity contribution >= 4 is 11.4 Å². The van der Waals surface area contributed by atoms with E-state index in [1.807, 2.05) is 31.6 Å². The molecule has 1 N–H and O–H groups in total. The number of nitrogens with one attached hydrogen (secondary N) is 1. The summed E-state index contributed by atoms with van der Waals surface area (Å²) in [7, 11) is 0. The Labute approximate surface area is 121 Å². The predicted molar refractivity (Wildman–Crippen MR) is 77.6 cm³/mol. The number of benzene rings is 1. The molecule has 2 aromatic rings. The smallest absolute Gasteiger partial charge is 0.272 e. The zero-order chi connectivity index (χ0) is 15.6. The van der Waals surface area contributed by atoms with Crippen LogP contribution >= 0.6 is 0 Å². The van der Waals surface area contributed by atoms with Crippen LogP contribution in [-0.4, -0.2) is 14.7 Å². The van der Waals surface area contributed by atoms with Crippen LogP contribution in [0.2, 0.25) is 0 Å². The van der Waals surface area contributed by atoms with Crippen LogP contribution in [0.3, 0.4) is 0 Å². The standard InChI is InChI=1S/C14H17FN4O2/c1-14(2,3)18-9-10(8-17-18)7-16-13-5-4-11(19(20)21)6-12(13)15/h4-6,8-9,16H,7H2,1-3H3. The molecule has 0 fully saturated rings. The van der Waals surface area contributed by atoms with Gasteiger partial charge in [-0.2, -0.15) is 5.10 Å². The molecular formula is C14H17FN4O2. The molecule has 0 saturated heterocycles. The highest BCUT2D eigenvalue weighted by molar-refractivity contribution is 5.50. The van der Waals surface area contributed by atoms with Crippen LogP contribution in [0.15, 0.2) is 30.6 Å². The third kappa shape index (κ3) is 3.56. The van der Waals surface area contributed by atoms with Gasteiger partial charge in [0.1, 0.15) is 0 Å². The lowest BCUT2D eigenvalue weighted by Crippen LogP contribution is -2.21. The lowest BCUT2D eigenvalue weighted by Gasteiger charge is -2.18.